The van der Waals surface area contributed by atoms with E-state index >= 15 is 0 Å². The number of rotatable bonds is 23. The molecule has 4 rings (SSSR count). The van der Waals surface area contributed by atoms with E-state index < -0.39 is 66.2 Å². The summed E-state index contributed by atoms with van der Waals surface area (Å²) in [6.07, 6.45) is 2.47. The third-order valence-corrected chi connectivity index (χ3v) is 9.76. The van der Waals surface area contributed by atoms with Crippen LogP contribution in [0.4, 0.5) is 0 Å². The van der Waals surface area contributed by atoms with Gasteiger partial charge in [0, 0.05) is 48.6 Å². The molecule has 0 bridgehead atoms. The molecule has 6 amide bonds. The molecule has 0 fully saturated rings. The summed E-state index contributed by atoms with van der Waals surface area (Å²) < 4.78 is 0. The van der Waals surface area contributed by atoms with E-state index in [0.29, 0.717) is 13.0 Å². The normalized spacial score (nSPS) is 12.8. The molecule has 0 saturated heterocycles. The molecule has 19 nitrogen and oxygen atoms in total. The van der Waals surface area contributed by atoms with Crippen molar-refractivity contribution in [2.75, 3.05) is 13.1 Å². The zero-order chi connectivity index (χ0) is 45.2. The Kier molecular flexibility index (Phi) is 17.8. The van der Waals surface area contributed by atoms with Crippen LogP contribution in [0.25, 0.3) is 10.9 Å². The lowest BCUT2D eigenvalue weighted by molar-refractivity contribution is -0.133. The topological polar surface area (TPSA) is 328 Å². The minimum atomic E-state index is -1.18. The highest BCUT2D eigenvalue weighted by Crippen LogP contribution is 2.19. The molecular formula is C43H57N13O6. The van der Waals surface area contributed by atoms with Gasteiger partial charge >= 0.3 is 0 Å². The van der Waals surface area contributed by atoms with Crippen molar-refractivity contribution < 1.29 is 28.8 Å². The lowest BCUT2D eigenvalue weighted by Crippen LogP contribution is -2.57. The summed E-state index contributed by atoms with van der Waals surface area (Å²) in [4.78, 5) is 83.6. The van der Waals surface area contributed by atoms with Gasteiger partial charge in [-0.25, -0.2) is 0 Å². The van der Waals surface area contributed by atoms with Crippen LogP contribution in [-0.2, 0) is 43.4 Å². The van der Waals surface area contributed by atoms with Crippen LogP contribution in [0.3, 0.4) is 0 Å². The van der Waals surface area contributed by atoms with Crippen molar-refractivity contribution in [3.63, 3.8) is 0 Å². The molecule has 0 aliphatic carbocycles. The van der Waals surface area contributed by atoms with E-state index in [9.17, 15) is 28.8 Å². The van der Waals surface area contributed by atoms with Crippen molar-refractivity contribution in [3.05, 3.63) is 107 Å². The maximum atomic E-state index is 13.9. The molecule has 19 heteroatoms. The molecule has 0 aliphatic rings. The standard InChI is InChI=1S/C43H57N13O6/c1-25(2)19-34(41(62)54-32(13-8-18-49-42(45)46)40(61)55-33(37(44)58)21-29-23-50-31-12-7-6-11-30(29)31)53-36(57)24-51-39(60)35(20-26-9-4-3-5-10-26)56-38(59)28-16-14-27(15-17-28)22-52-43(47)48/h3-7,9-12,14-17,23,25,32-35,50H,8,13,18-22,24H2,1-2H3,(H2,44,58)(H,51,60)(H,53,57)(H,54,62)(H,55,61)(H,56,59)(H4,45,46,49)(H4,47,48,52)/t32-,33-,34-,35-/m0/s1. The Morgan fingerprint density at radius 2 is 1.29 bits per heavy atom. The summed E-state index contributed by atoms with van der Waals surface area (Å²) in [5.41, 5.74) is 19.9. The molecule has 16 N–H and O–H groups in total. The van der Waals surface area contributed by atoms with Crippen LogP contribution < -0.4 is 54.4 Å². The maximum absolute atomic E-state index is 13.9. The largest absolute Gasteiger partial charge is 0.370 e. The molecule has 0 spiro atoms. The smallest absolute Gasteiger partial charge is 0.251 e. The van der Waals surface area contributed by atoms with Crippen LogP contribution in [0, 0.1) is 16.7 Å². The van der Waals surface area contributed by atoms with Crippen LogP contribution in [0.1, 0.15) is 60.2 Å². The minimum absolute atomic E-state index is 0.0740. The van der Waals surface area contributed by atoms with Crippen molar-refractivity contribution in [1.82, 2.24) is 42.2 Å². The Bertz CT molecular complexity index is 2190. The number of aromatic nitrogens is 1. The fraction of sp³-hybridized carbons (Fsp3) is 0.349. The first-order valence-electron chi connectivity index (χ1n) is 20.2. The molecule has 0 radical (unpaired) electrons. The molecule has 1 heterocycles. The summed E-state index contributed by atoms with van der Waals surface area (Å²) in [7, 11) is 0. The van der Waals surface area contributed by atoms with E-state index in [2.05, 4.69) is 42.2 Å². The lowest BCUT2D eigenvalue weighted by atomic mass is 10.0. The second-order valence-corrected chi connectivity index (χ2v) is 15.2. The van der Waals surface area contributed by atoms with Crippen molar-refractivity contribution >= 4 is 58.3 Å². The molecule has 0 unspecified atom stereocenters. The Labute approximate surface area is 359 Å². The number of guanidine groups is 2. The number of hydrogen-bond acceptors (Lipinski definition) is 8. The number of nitrogens with one attached hydrogen (secondary N) is 10. The molecular weight excluding hydrogens is 795 g/mol. The minimum Gasteiger partial charge on any atom is -0.370 e. The van der Waals surface area contributed by atoms with Crippen molar-refractivity contribution in [3.8, 4) is 0 Å². The van der Waals surface area contributed by atoms with Crippen LogP contribution >= 0.6 is 0 Å². The maximum Gasteiger partial charge on any atom is 0.251 e. The first-order chi connectivity index (χ1) is 29.6. The number of H-pyrrole nitrogens is 1. The third kappa shape index (κ3) is 15.3. The fourth-order valence-corrected chi connectivity index (χ4v) is 6.60. The molecule has 1 aromatic heterocycles. The zero-order valence-corrected chi connectivity index (χ0v) is 34.8. The van der Waals surface area contributed by atoms with E-state index in [1.807, 2.05) is 44.2 Å². The number of carbonyl (C=O) groups excluding carboxylic acids is 6. The second kappa shape index (κ2) is 23.4. The predicted molar refractivity (Wildman–Crippen MR) is 235 cm³/mol. The van der Waals surface area contributed by atoms with E-state index in [4.69, 9.17) is 28.0 Å². The monoisotopic (exact) mass is 851 g/mol. The second-order valence-electron chi connectivity index (χ2n) is 15.2. The molecule has 330 valence electrons. The van der Waals surface area contributed by atoms with Gasteiger partial charge in [-0.3, -0.25) is 39.6 Å². The van der Waals surface area contributed by atoms with Gasteiger partial charge in [0.25, 0.3) is 5.91 Å². The summed E-state index contributed by atoms with van der Waals surface area (Å²) in [5, 5.41) is 34.4. The average Bonchev–Trinajstić information content (AvgIpc) is 3.65. The van der Waals surface area contributed by atoms with E-state index in [1.165, 1.54) is 0 Å². The van der Waals surface area contributed by atoms with Crippen LogP contribution in [0.15, 0.2) is 85.1 Å². The highest BCUT2D eigenvalue weighted by Gasteiger charge is 2.30. The molecule has 4 aromatic rings. The summed E-state index contributed by atoms with van der Waals surface area (Å²) in [5.74, 6) is -4.55. The van der Waals surface area contributed by atoms with Gasteiger partial charge < -0.3 is 59.4 Å². The highest BCUT2D eigenvalue weighted by atomic mass is 16.2. The van der Waals surface area contributed by atoms with Crippen LogP contribution in [0.2, 0.25) is 0 Å². The Balaban J connectivity index is 1.43. The van der Waals surface area contributed by atoms with Crippen molar-refractivity contribution in [1.29, 1.82) is 10.8 Å². The van der Waals surface area contributed by atoms with Gasteiger partial charge in [0.1, 0.15) is 24.2 Å². The summed E-state index contributed by atoms with van der Waals surface area (Å²) in [6.45, 7) is 3.67. The van der Waals surface area contributed by atoms with Crippen molar-refractivity contribution in [2.45, 2.75) is 76.7 Å². The average molecular weight is 852 g/mol. The first-order valence-corrected chi connectivity index (χ1v) is 20.2. The highest BCUT2D eigenvalue weighted by molar-refractivity contribution is 5.99. The van der Waals surface area contributed by atoms with Gasteiger partial charge in [0.15, 0.2) is 11.9 Å². The van der Waals surface area contributed by atoms with Gasteiger partial charge in [-0.15, -0.1) is 0 Å². The number of para-hydroxylation sites is 1. The SMILES string of the molecule is CC(C)C[C@H](NC(=O)CNC(=O)[C@H](Cc1ccccc1)NC(=O)c1ccc(CNC(=N)N)cc1)C(=O)N[C@@H](CCCNC(=N)N)C(=O)N[C@@H](Cc1c[nH]c2ccccc12)C(N)=O. The fourth-order valence-electron chi connectivity index (χ4n) is 6.60. The Morgan fingerprint density at radius 3 is 1.95 bits per heavy atom. The number of nitrogens with two attached hydrogens (primary N) is 3. The predicted octanol–water partition coefficient (Wildman–Crippen LogP) is 0.100. The zero-order valence-electron chi connectivity index (χ0n) is 34.8. The lowest BCUT2D eigenvalue weighted by Gasteiger charge is -2.26. The number of hydrogen-bond donors (Lipinski definition) is 13. The van der Waals surface area contributed by atoms with Gasteiger partial charge in [-0.05, 0) is 60.1 Å². The summed E-state index contributed by atoms with van der Waals surface area (Å²) >= 11 is 0. The van der Waals surface area contributed by atoms with Gasteiger partial charge in [0.05, 0.1) is 6.54 Å². The first kappa shape index (κ1) is 47.2. The molecule has 62 heavy (non-hydrogen) atoms. The summed E-state index contributed by atoms with van der Waals surface area (Å²) in [6, 6.07) is 18.5. The van der Waals surface area contributed by atoms with E-state index in [1.54, 1.807) is 54.7 Å². The van der Waals surface area contributed by atoms with E-state index in [-0.39, 0.29) is 55.6 Å². The van der Waals surface area contributed by atoms with Crippen LogP contribution in [0.5, 0.6) is 0 Å². The van der Waals surface area contributed by atoms with E-state index in [0.717, 1.165) is 27.6 Å². The number of fused-ring (bicyclic) bond motifs is 1. The van der Waals surface area contributed by atoms with Crippen molar-refractivity contribution in [2.24, 2.45) is 23.1 Å². The molecule has 3 aromatic carbocycles. The van der Waals surface area contributed by atoms with Crippen LogP contribution in [-0.4, -0.2) is 89.6 Å². The Morgan fingerprint density at radius 1 is 0.645 bits per heavy atom. The van der Waals surface area contributed by atoms with Gasteiger partial charge in [0.2, 0.25) is 29.5 Å². The molecule has 0 saturated carbocycles. The number of amides is 6. The van der Waals surface area contributed by atoms with Gasteiger partial charge in [-0.1, -0.05) is 74.5 Å². The quantitative estimate of drug-likeness (QED) is 0.0271. The number of primary amides is 1. The molecule has 0 aliphatic heterocycles. The molecule has 4 atom stereocenters. The van der Waals surface area contributed by atoms with Gasteiger partial charge in [-0.2, -0.15) is 0 Å². The third-order valence-electron chi connectivity index (χ3n) is 9.76. The number of aromatic amines is 1. The number of carbonyl (C=O) groups is 6. The number of benzene rings is 3. The Hall–Kier alpha value is -7.44.